The van der Waals surface area contributed by atoms with Crippen molar-refractivity contribution in [3.8, 4) is 5.75 Å². The summed E-state index contributed by atoms with van der Waals surface area (Å²) in [6.07, 6.45) is -9.31. The van der Waals surface area contributed by atoms with Crippen LogP contribution in [0.4, 0.5) is 32.0 Å². The summed E-state index contributed by atoms with van der Waals surface area (Å²) in [5, 5.41) is 2.38. The van der Waals surface area contributed by atoms with Gasteiger partial charge in [0.2, 0.25) is 5.91 Å². The van der Waals surface area contributed by atoms with Gasteiger partial charge in [-0.05, 0) is 36.8 Å². The lowest BCUT2D eigenvalue weighted by atomic mass is 10.1. The summed E-state index contributed by atoms with van der Waals surface area (Å²) < 4.78 is 80.1. The Morgan fingerprint density at radius 1 is 0.970 bits per heavy atom. The number of carbonyl (C=O) groups is 1. The number of benzene rings is 2. The third-order valence-corrected chi connectivity index (χ3v) is 5.39. The Morgan fingerprint density at radius 3 is 2.15 bits per heavy atom. The number of hydrogen-bond donors (Lipinski definition) is 1. The maximum Gasteiger partial charge on any atom is 0.573 e. The van der Waals surface area contributed by atoms with E-state index in [1.807, 2.05) is 4.90 Å². The van der Waals surface area contributed by atoms with E-state index in [1.165, 1.54) is 30.3 Å². The average Bonchev–Trinajstić information content (AvgIpc) is 2.74. The van der Waals surface area contributed by atoms with E-state index < -0.39 is 30.1 Å². The van der Waals surface area contributed by atoms with Crippen LogP contribution in [0.5, 0.6) is 5.75 Å². The average molecular weight is 475 g/mol. The van der Waals surface area contributed by atoms with Crippen LogP contribution in [-0.4, -0.2) is 54.3 Å². The molecule has 0 bridgehead atoms. The highest BCUT2D eigenvalue weighted by Gasteiger charge is 2.34. The molecular weight excluding hydrogens is 452 g/mol. The Kier molecular flexibility index (Phi) is 7.53. The Balaban J connectivity index is 1.51. The summed E-state index contributed by atoms with van der Waals surface area (Å²) in [5.74, 6) is -0.816. The molecule has 2 aromatic rings. The van der Waals surface area contributed by atoms with Crippen LogP contribution in [0.25, 0.3) is 0 Å². The molecule has 0 radical (unpaired) electrons. The molecule has 1 amide bonds. The Labute approximate surface area is 186 Å². The SMILES string of the molecule is CC(C(=O)Nc1ccccc1C(F)(F)F)N1CCN(Cc2ccc(OC(F)(F)F)cc2)CC1. The van der Waals surface area contributed by atoms with E-state index in [2.05, 4.69) is 15.0 Å². The van der Waals surface area contributed by atoms with Crippen molar-refractivity contribution < 1.29 is 35.9 Å². The van der Waals surface area contributed by atoms with Gasteiger partial charge >= 0.3 is 12.5 Å². The molecule has 1 atom stereocenters. The second-order valence-electron chi connectivity index (χ2n) is 7.71. The topological polar surface area (TPSA) is 44.8 Å². The van der Waals surface area contributed by atoms with E-state index >= 15 is 0 Å². The number of ether oxygens (including phenoxy) is 1. The molecule has 5 nitrogen and oxygen atoms in total. The van der Waals surface area contributed by atoms with Crippen molar-refractivity contribution in [1.29, 1.82) is 0 Å². The van der Waals surface area contributed by atoms with Gasteiger partial charge in [-0.15, -0.1) is 13.2 Å². The van der Waals surface area contributed by atoms with Crippen LogP contribution in [0.1, 0.15) is 18.1 Å². The zero-order chi connectivity index (χ0) is 24.2. The fourth-order valence-corrected chi connectivity index (χ4v) is 3.61. The first kappa shape index (κ1) is 24.8. The van der Waals surface area contributed by atoms with E-state index in [0.29, 0.717) is 32.7 Å². The summed E-state index contributed by atoms with van der Waals surface area (Å²) in [6, 6.07) is 9.82. The zero-order valence-electron chi connectivity index (χ0n) is 17.7. The monoisotopic (exact) mass is 475 g/mol. The Morgan fingerprint density at radius 2 is 1.58 bits per heavy atom. The summed E-state index contributed by atoms with van der Waals surface area (Å²) in [4.78, 5) is 16.5. The first-order valence-electron chi connectivity index (χ1n) is 10.2. The molecule has 1 heterocycles. The third-order valence-electron chi connectivity index (χ3n) is 5.39. The van der Waals surface area contributed by atoms with Crippen LogP contribution >= 0.6 is 0 Å². The minimum atomic E-state index is -4.74. The Bertz CT molecular complexity index is 938. The number of amides is 1. The molecule has 0 spiro atoms. The molecular formula is C22H23F6N3O2. The lowest BCUT2D eigenvalue weighted by molar-refractivity contribution is -0.274. The molecule has 33 heavy (non-hydrogen) atoms. The fourth-order valence-electron chi connectivity index (χ4n) is 3.61. The summed E-state index contributed by atoms with van der Waals surface area (Å²) in [6.45, 7) is 4.38. The number of piperazine rings is 1. The van der Waals surface area contributed by atoms with Gasteiger partial charge in [0.25, 0.3) is 0 Å². The highest BCUT2D eigenvalue weighted by atomic mass is 19.4. The van der Waals surface area contributed by atoms with E-state index in [-0.39, 0.29) is 11.4 Å². The van der Waals surface area contributed by atoms with Crippen molar-refractivity contribution in [2.24, 2.45) is 0 Å². The van der Waals surface area contributed by atoms with Crippen molar-refractivity contribution in [2.75, 3.05) is 31.5 Å². The number of halogens is 6. The molecule has 0 aliphatic carbocycles. The quantitative estimate of drug-likeness (QED) is 0.613. The van der Waals surface area contributed by atoms with Gasteiger partial charge in [-0.25, -0.2) is 0 Å². The van der Waals surface area contributed by atoms with Gasteiger partial charge in [0.05, 0.1) is 17.3 Å². The van der Waals surface area contributed by atoms with E-state index in [0.717, 1.165) is 11.6 Å². The number of para-hydroxylation sites is 1. The van der Waals surface area contributed by atoms with E-state index in [9.17, 15) is 31.1 Å². The van der Waals surface area contributed by atoms with Crippen molar-refractivity contribution in [3.05, 3.63) is 59.7 Å². The largest absolute Gasteiger partial charge is 0.573 e. The van der Waals surface area contributed by atoms with Gasteiger partial charge in [0, 0.05) is 32.7 Å². The van der Waals surface area contributed by atoms with Gasteiger partial charge in [-0.3, -0.25) is 14.6 Å². The number of hydrogen-bond acceptors (Lipinski definition) is 4. The van der Waals surface area contributed by atoms with Crippen LogP contribution in [0.3, 0.4) is 0 Å². The van der Waals surface area contributed by atoms with Crippen molar-refractivity contribution in [2.45, 2.75) is 32.0 Å². The molecule has 180 valence electrons. The maximum atomic E-state index is 13.1. The molecule has 1 aliphatic rings. The molecule has 0 aromatic heterocycles. The van der Waals surface area contributed by atoms with Crippen molar-refractivity contribution >= 4 is 11.6 Å². The van der Waals surface area contributed by atoms with Crippen molar-refractivity contribution in [1.82, 2.24) is 9.80 Å². The molecule has 1 aliphatic heterocycles. The second-order valence-corrected chi connectivity index (χ2v) is 7.71. The van der Waals surface area contributed by atoms with E-state index in [1.54, 1.807) is 19.1 Å². The first-order valence-corrected chi connectivity index (χ1v) is 10.2. The zero-order valence-corrected chi connectivity index (χ0v) is 17.7. The van der Waals surface area contributed by atoms with Gasteiger partial charge in [0.15, 0.2) is 0 Å². The number of carbonyl (C=O) groups excluding carboxylic acids is 1. The highest BCUT2D eigenvalue weighted by Crippen LogP contribution is 2.34. The summed E-state index contributed by atoms with van der Waals surface area (Å²) in [5.41, 5.74) is -0.368. The standard InChI is InChI=1S/C22H23F6N3O2/c1-15(20(32)29-19-5-3-2-4-18(19)21(23,24)25)31-12-10-30(11-13-31)14-16-6-8-17(9-7-16)33-22(26,27)28/h2-9,15H,10-14H2,1H3,(H,29,32). The van der Waals surface area contributed by atoms with Crippen molar-refractivity contribution in [3.63, 3.8) is 0 Å². The molecule has 3 rings (SSSR count). The minimum absolute atomic E-state index is 0.279. The predicted octanol–water partition coefficient (Wildman–Crippen LogP) is 4.75. The molecule has 11 heteroatoms. The van der Waals surface area contributed by atoms with Crippen LogP contribution in [-0.2, 0) is 17.5 Å². The summed E-state index contributed by atoms with van der Waals surface area (Å²) >= 11 is 0. The number of rotatable bonds is 6. The molecule has 1 saturated heterocycles. The number of alkyl halides is 6. The second kappa shape index (κ2) is 10.0. The minimum Gasteiger partial charge on any atom is -0.406 e. The fraction of sp³-hybridized carbons (Fsp3) is 0.409. The normalized spacial score (nSPS) is 16.9. The third kappa shape index (κ3) is 7.10. The Hall–Kier alpha value is -2.79. The molecule has 1 fully saturated rings. The molecule has 1 unspecified atom stereocenters. The van der Waals surface area contributed by atoms with E-state index in [4.69, 9.17) is 0 Å². The van der Waals surface area contributed by atoms with Gasteiger partial charge in [-0.1, -0.05) is 24.3 Å². The number of nitrogens with one attached hydrogen (secondary N) is 1. The lowest BCUT2D eigenvalue weighted by Gasteiger charge is -2.37. The number of anilines is 1. The first-order chi connectivity index (χ1) is 15.4. The lowest BCUT2D eigenvalue weighted by Crippen LogP contribution is -2.52. The maximum absolute atomic E-state index is 13.1. The molecule has 1 N–H and O–H groups in total. The predicted molar refractivity (Wildman–Crippen MR) is 110 cm³/mol. The van der Waals surface area contributed by atoms with Gasteiger partial charge in [-0.2, -0.15) is 13.2 Å². The van der Waals surface area contributed by atoms with Crippen LogP contribution in [0.2, 0.25) is 0 Å². The smallest absolute Gasteiger partial charge is 0.406 e. The van der Waals surface area contributed by atoms with Crippen LogP contribution in [0.15, 0.2) is 48.5 Å². The van der Waals surface area contributed by atoms with Gasteiger partial charge < -0.3 is 10.1 Å². The molecule has 0 saturated carbocycles. The summed E-state index contributed by atoms with van der Waals surface area (Å²) in [7, 11) is 0. The van der Waals surface area contributed by atoms with Crippen LogP contribution < -0.4 is 10.1 Å². The highest BCUT2D eigenvalue weighted by molar-refractivity contribution is 5.95. The van der Waals surface area contributed by atoms with Gasteiger partial charge in [0.1, 0.15) is 5.75 Å². The number of nitrogens with zero attached hydrogens (tertiary/aromatic N) is 2. The molecule has 2 aromatic carbocycles. The van der Waals surface area contributed by atoms with Crippen LogP contribution in [0, 0.1) is 0 Å².